The Labute approximate surface area is 112 Å². The van der Waals surface area contributed by atoms with Crippen LogP contribution in [0.2, 0.25) is 0 Å². The first-order chi connectivity index (χ1) is 8.79. The average molecular weight is 258 g/mol. The summed E-state index contributed by atoms with van der Waals surface area (Å²) in [6.07, 6.45) is 3.62. The smallest absolute Gasteiger partial charge is 0.0972 e. The molecule has 1 N–H and O–H groups in total. The summed E-state index contributed by atoms with van der Waals surface area (Å²) in [4.78, 5) is 4.68. The van der Waals surface area contributed by atoms with Gasteiger partial charge in [0, 0.05) is 24.4 Å². The molecule has 94 valence electrons. The Morgan fingerprint density at radius 3 is 2.78 bits per heavy atom. The van der Waals surface area contributed by atoms with Gasteiger partial charge in [-0.15, -0.1) is 11.3 Å². The fourth-order valence-corrected chi connectivity index (χ4v) is 2.76. The third kappa shape index (κ3) is 3.18. The van der Waals surface area contributed by atoms with Gasteiger partial charge < -0.3 is 5.32 Å². The molecular weight excluding hydrogens is 240 g/mol. The summed E-state index contributed by atoms with van der Waals surface area (Å²) in [6.45, 7) is 3.05. The largest absolute Gasteiger partial charge is 0.308 e. The molecule has 0 aliphatic heterocycles. The van der Waals surface area contributed by atoms with Crippen LogP contribution in [0.25, 0.3) is 0 Å². The second-order valence-electron chi connectivity index (χ2n) is 5.05. The molecule has 2 aromatic rings. The van der Waals surface area contributed by atoms with Crippen molar-refractivity contribution in [3.63, 3.8) is 0 Å². The molecule has 1 aromatic heterocycles. The highest BCUT2D eigenvalue weighted by Crippen LogP contribution is 2.20. The predicted octanol–water partition coefficient (Wildman–Crippen LogP) is 3.29. The molecule has 3 rings (SSSR count). The topological polar surface area (TPSA) is 24.9 Å². The first kappa shape index (κ1) is 11.9. The molecule has 1 aliphatic rings. The van der Waals surface area contributed by atoms with Crippen molar-refractivity contribution in [1.29, 1.82) is 0 Å². The molecule has 1 saturated carbocycles. The maximum Gasteiger partial charge on any atom is 0.0972 e. The summed E-state index contributed by atoms with van der Waals surface area (Å²) >= 11 is 1.77. The Kier molecular flexibility index (Phi) is 3.43. The second-order valence-corrected chi connectivity index (χ2v) is 5.99. The van der Waals surface area contributed by atoms with Gasteiger partial charge in [0.1, 0.15) is 0 Å². The van der Waals surface area contributed by atoms with E-state index in [9.17, 15) is 0 Å². The third-order valence-electron chi connectivity index (χ3n) is 3.22. The molecule has 1 fully saturated rings. The first-order valence-corrected chi connectivity index (χ1v) is 7.40. The van der Waals surface area contributed by atoms with Crippen molar-refractivity contribution in [2.45, 2.75) is 38.8 Å². The van der Waals surface area contributed by atoms with Crippen LogP contribution in [0.4, 0.5) is 0 Å². The molecule has 1 heterocycles. The molecule has 0 amide bonds. The van der Waals surface area contributed by atoms with Gasteiger partial charge in [-0.05, 0) is 25.3 Å². The molecule has 0 radical (unpaired) electrons. The molecule has 18 heavy (non-hydrogen) atoms. The SMILES string of the molecule is Cc1ccc(Cc2nc(CNC3CC3)cs2)cc1. The van der Waals surface area contributed by atoms with Gasteiger partial charge in [0.2, 0.25) is 0 Å². The van der Waals surface area contributed by atoms with Crippen molar-refractivity contribution >= 4 is 11.3 Å². The Bertz CT molecular complexity index is 512. The first-order valence-electron chi connectivity index (χ1n) is 6.52. The van der Waals surface area contributed by atoms with Gasteiger partial charge in [0.05, 0.1) is 10.7 Å². The van der Waals surface area contributed by atoms with Crippen LogP contribution < -0.4 is 5.32 Å². The fraction of sp³-hybridized carbons (Fsp3) is 0.400. The molecule has 0 unspecified atom stereocenters. The zero-order valence-corrected chi connectivity index (χ0v) is 11.5. The van der Waals surface area contributed by atoms with E-state index in [4.69, 9.17) is 0 Å². The highest BCUT2D eigenvalue weighted by atomic mass is 32.1. The zero-order chi connectivity index (χ0) is 12.4. The molecule has 0 bridgehead atoms. The van der Waals surface area contributed by atoms with Crippen LogP contribution in [0.3, 0.4) is 0 Å². The lowest BCUT2D eigenvalue weighted by molar-refractivity contribution is 0.676. The predicted molar refractivity (Wildman–Crippen MR) is 76.0 cm³/mol. The number of aryl methyl sites for hydroxylation is 1. The molecule has 0 atom stereocenters. The van der Waals surface area contributed by atoms with E-state index in [1.165, 1.54) is 34.7 Å². The molecule has 3 heteroatoms. The van der Waals surface area contributed by atoms with Gasteiger partial charge in [-0.2, -0.15) is 0 Å². The maximum atomic E-state index is 4.68. The third-order valence-corrected chi connectivity index (χ3v) is 4.12. The zero-order valence-electron chi connectivity index (χ0n) is 10.6. The maximum absolute atomic E-state index is 4.68. The molecule has 1 aliphatic carbocycles. The van der Waals surface area contributed by atoms with Crippen molar-refractivity contribution in [2.24, 2.45) is 0 Å². The summed E-state index contributed by atoms with van der Waals surface area (Å²) in [5.41, 5.74) is 3.85. The second kappa shape index (κ2) is 5.21. The summed E-state index contributed by atoms with van der Waals surface area (Å²) < 4.78 is 0. The standard InChI is InChI=1S/C15H18N2S/c1-11-2-4-12(5-3-11)8-15-17-14(10-18-15)9-16-13-6-7-13/h2-5,10,13,16H,6-9H2,1H3. The van der Waals surface area contributed by atoms with Crippen molar-refractivity contribution in [3.05, 3.63) is 51.5 Å². The number of benzene rings is 1. The lowest BCUT2D eigenvalue weighted by Gasteiger charge is -1.99. The Hall–Kier alpha value is -1.19. The lowest BCUT2D eigenvalue weighted by atomic mass is 10.1. The van der Waals surface area contributed by atoms with Gasteiger partial charge in [-0.1, -0.05) is 29.8 Å². The Morgan fingerprint density at radius 1 is 1.28 bits per heavy atom. The van der Waals surface area contributed by atoms with Gasteiger partial charge in [-0.25, -0.2) is 4.98 Å². The van der Waals surface area contributed by atoms with Crippen LogP contribution in [-0.4, -0.2) is 11.0 Å². The highest BCUT2D eigenvalue weighted by molar-refractivity contribution is 7.09. The monoisotopic (exact) mass is 258 g/mol. The van der Waals surface area contributed by atoms with Crippen LogP contribution in [0.5, 0.6) is 0 Å². The van der Waals surface area contributed by atoms with E-state index in [0.29, 0.717) is 0 Å². The van der Waals surface area contributed by atoms with E-state index in [2.05, 4.69) is 46.9 Å². The van der Waals surface area contributed by atoms with Gasteiger partial charge in [0.15, 0.2) is 0 Å². The van der Waals surface area contributed by atoms with Crippen molar-refractivity contribution < 1.29 is 0 Å². The number of aromatic nitrogens is 1. The summed E-state index contributed by atoms with van der Waals surface area (Å²) in [5, 5.41) is 6.90. The summed E-state index contributed by atoms with van der Waals surface area (Å²) in [5.74, 6) is 0. The number of nitrogens with one attached hydrogen (secondary N) is 1. The fourth-order valence-electron chi connectivity index (χ4n) is 1.93. The van der Waals surface area contributed by atoms with E-state index in [0.717, 1.165) is 19.0 Å². The van der Waals surface area contributed by atoms with Gasteiger partial charge in [0.25, 0.3) is 0 Å². The minimum atomic E-state index is 0.757. The quantitative estimate of drug-likeness (QED) is 0.890. The van der Waals surface area contributed by atoms with Crippen LogP contribution >= 0.6 is 11.3 Å². The van der Waals surface area contributed by atoms with Crippen molar-refractivity contribution in [3.8, 4) is 0 Å². The molecule has 2 nitrogen and oxygen atoms in total. The number of hydrogen-bond donors (Lipinski definition) is 1. The van der Waals surface area contributed by atoms with E-state index >= 15 is 0 Å². The van der Waals surface area contributed by atoms with E-state index in [-0.39, 0.29) is 0 Å². The van der Waals surface area contributed by atoms with Crippen LogP contribution in [-0.2, 0) is 13.0 Å². The number of thiazole rings is 1. The Morgan fingerprint density at radius 2 is 2.06 bits per heavy atom. The van der Waals surface area contributed by atoms with Crippen molar-refractivity contribution in [1.82, 2.24) is 10.3 Å². The number of hydrogen-bond acceptors (Lipinski definition) is 3. The minimum Gasteiger partial charge on any atom is -0.308 e. The van der Waals surface area contributed by atoms with Crippen LogP contribution in [0, 0.1) is 6.92 Å². The van der Waals surface area contributed by atoms with E-state index in [1.54, 1.807) is 11.3 Å². The van der Waals surface area contributed by atoms with E-state index in [1.807, 2.05) is 0 Å². The number of rotatable bonds is 5. The van der Waals surface area contributed by atoms with Crippen LogP contribution in [0.15, 0.2) is 29.6 Å². The average Bonchev–Trinajstić information content (AvgIpc) is 3.10. The highest BCUT2D eigenvalue weighted by Gasteiger charge is 2.20. The van der Waals surface area contributed by atoms with Gasteiger partial charge in [-0.3, -0.25) is 0 Å². The summed E-state index contributed by atoms with van der Waals surface area (Å²) in [6, 6.07) is 9.47. The molecular formula is C15H18N2S. The molecule has 1 aromatic carbocycles. The van der Waals surface area contributed by atoms with Crippen molar-refractivity contribution in [2.75, 3.05) is 0 Å². The normalized spacial score (nSPS) is 14.9. The van der Waals surface area contributed by atoms with Crippen LogP contribution in [0.1, 0.15) is 34.7 Å². The number of nitrogens with zero attached hydrogens (tertiary/aromatic N) is 1. The Balaban J connectivity index is 1.60. The minimum absolute atomic E-state index is 0.757. The summed E-state index contributed by atoms with van der Waals surface area (Å²) in [7, 11) is 0. The van der Waals surface area contributed by atoms with E-state index < -0.39 is 0 Å². The van der Waals surface area contributed by atoms with Gasteiger partial charge >= 0.3 is 0 Å². The molecule has 0 spiro atoms. The molecule has 0 saturated heterocycles. The lowest BCUT2D eigenvalue weighted by Crippen LogP contribution is -2.15.